The Morgan fingerprint density at radius 3 is 2.64 bits per heavy atom. The molecule has 140 valence electrons. The predicted molar refractivity (Wildman–Crippen MR) is 96.1 cm³/mol. The zero-order valence-electron chi connectivity index (χ0n) is 15.2. The highest BCUT2D eigenvalue weighted by Crippen LogP contribution is 2.27. The number of nitrogens with one attached hydrogen (secondary N) is 2. The molecule has 0 atom stereocenters. The molecule has 2 N–H and O–H groups in total. The number of carbonyl (C=O) groups is 1. The van der Waals surface area contributed by atoms with Crippen LogP contribution in [0.4, 0.5) is 0 Å². The van der Waals surface area contributed by atoms with Gasteiger partial charge in [-0.15, -0.1) is 0 Å². The maximum Gasteiger partial charge on any atom is 0.221 e. The summed E-state index contributed by atoms with van der Waals surface area (Å²) in [5.41, 5.74) is 1.09. The lowest BCUT2D eigenvalue weighted by Crippen LogP contribution is -2.41. The van der Waals surface area contributed by atoms with Gasteiger partial charge in [0.05, 0.1) is 27.4 Å². The predicted octanol–water partition coefficient (Wildman–Crippen LogP) is 0.632. The molecule has 1 saturated heterocycles. The van der Waals surface area contributed by atoms with Crippen molar-refractivity contribution in [3.05, 3.63) is 23.8 Å². The molecule has 0 unspecified atom stereocenters. The minimum absolute atomic E-state index is 0.0769. The molecule has 25 heavy (non-hydrogen) atoms. The lowest BCUT2D eigenvalue weighted by Gasteiger charge is -2.26. The first kappa shape index (κ1) is 19.5. The number of benzene rings is 1. The molecular weight excluding hydrogens is 322 g/mol. The minimum atomic E-state index is 0.0769. The lowest BCUT2D eigenvalue weighted by atomic mass is 10.2. The van der Waals surface area contributed by atoms with Crippen molar-refractivity contribution in [3.63, 3.8) is 0 Å². The smallest absolute Gasteiger partial charge is 0.221 e. The van der Waals surface area contributed by atoms with Crippen LogP contribution in [0.2, 0.25) is 0 Å². The van der Waals surface area contributed by atoms with Crippen LogP contribution in [0.5, 0.6) is 11.5 Å². The summed E-state index contributed by atoms with van der Waals surface area (Å²) < 4.78 is 15.8. The van der Waals surface area contributed by atoms with Crippen LogP contribution < -0.4 is 20.1 Å². The van der Waals surface area contributed by atoms with Crippen LogP contribution in [0.3, 0.4) is 0 Å². The first-order valence-electron chi connectivity index (χ1n) is 8.71. The Balaban J connectivity index is 1.58. The average Bonchev–Trinajstić information content (AvgIpc) is 2.66. The normalized spacial score (nSPS) is 15.0. The standard InChI is InChI=1S/C18H29N3O4/c1-23-16-4-3-15(13-17(16)24-2)14-19-6-5-18(22)20-7-8-21-9-11-25-12-10-21/h3-4,13,19H,5-12,14H2,1-2H3,(H,20,22). The summed E-state index contributed by atoms with van der Waals surface area (Å²) in [5, 5.41) is 6.24. The van der Waals surface area contributed by atoms with Gasteiger partial charge in [-0.2, -0.15) is 0 Å². The van der Waals surface area contributed by atoms with Crippen LogP contribution in [-0.4, -0.2) is 71.0 Å². The van der Waals surface area contributed by atoms with Gasteiger partial charge in [-0.25, -0.2) is 0 Å². The molecule has 0 radical (unpaired) electrons. The van der Waals surface area contributed by atoms with Crippen molar-refractivity contribution in [1.82, 2.24) is 15.5 Å². The molecule has 1 fully saturated rings. The Morgan fingerprint density at radius 1 is 1.16 bits per heavy atom. The van der Waals surface area contributed by atoms with Crippen LogP contribution in [0, 0.1) is 0 Å². The van der Waals surface area contributed by atoms with Crippen molar-refractivity contribution in [2.45, 2.75) is 13.0 Å². The van der Waals surface area contributed by atoms with E-state index in [1.165, 1.54) is 0 Å². The summed E-state index contributed by atoms with van der Waals surface area (Å²) in [4.78, 5) is 14.2. The lowest BCUT2D eigenvalue weighted by molar-refractivity contribution is -0.121. The highest BCUT2D eigenvalue weighted by molar-refractivity contribution is 5.76. The second-order valence-corrected chi connectivity index (χ2v) is 5.92. The number of amides is 1. The molecule has 1 heterocycles. The van der Waals surface area contributed by atoms with Crippen molar-refractivity contribution in [1.29, 1.82) is 0 Å². The fraction of sp³-hybridized carbons (Fsp3) is 0.611. The number of nitrogens with zero attached hydrogens (tertiary/aromatic N) is 1. The van der Waals surface area contributed by atoms with Crippen LogP contribution >= 0.6 is 0 Å². The van der Waals surface area contributed by atoms with E-state index in [1.807, 2.05) is 18.2 Å². The molecule has 0 aliphatic carbocycles. The van der Waals surface area contributed by atoms with E-state index < -0.39 is 0 Å². The second-order valence-electron chi connectivity index (χ2n) is 5.92. The molecule has 0 aromatic heterocycles. The number of morpholine rings is 1. The molecule has 1 aromatic rings. The number of ether oxygens (including phenoxy) is 3. The van der Waals surface area contributed by atoms with Crippen molar-refractivity contribution >= 4 is 5.91 Å². The Bertz CT molecular complexity index is 533. The van der Waals surface area contributed by atoms with E-state index in [0.717, 1.165) is 38.4 Å². The molecule has 0 spiro atoms. The summed E-state index contributed by atoms with van der Waals surface area (Å²) in [6, 6.07) is 5.80. The Labute approximate surface area is 149 Å². The zero-order valence-corrected chi connectivity index (χ0v) is 15.2. The fourth-order valence-electron chi connectivity index (χ4n) is 2.69. The fourth-order valence-corrected chi connectivity index (χ4v) is 2.69. The van der Waals surface area contributed by atoms with Gasteiger partial charge in [0.25, 0.3) is 0 Å². The first-order chi connectivity index (χ1) is 12.2. The van der Waals surface area contributed by atoms with Crippen LogP contribution in [0.15, 0.2) is 18.2 Å². The van der Waals surface area contributed by atoms with E-state index in [2.05, 4.69) is 15.5 Å². The summed E-state index contributed by atoms with van der Waals surface area (Å²) in [6.45, 7) is 6.36. The molecule has 7 nitrogen and oxygen atoms in total. The zero-order chi connectivity index (χ0) is 17.9. The molecule has 2 rings (SSSR count). The van der Waals surface area contributed by atoms with E-state index in [1.54, 1.807) is 14.2 Å². The third-order valence-electron chi connectivity index (χ3n) is 4.16. The SMILES string of the molecule is COc1ccc(CNCCC(=O)NCCN2CCOCC2)cc1OC. The van der Waals surface area contributed by atoms with Crippen molar-refractivity contribution in [2.24, 2.45) is 0 Å². The number of carbonyl (C=O) groups excluding carboxylic acids is 1. The summed E-state index contributed by atoms with van der Waals surface area (Å²) in [7, 11) is 3.24. The maximum absolute atomic E-state index is 11.8. The van der Waals surface area contributed by atoms with E-state index in [9.17, 15) is 4.79 Å². The highest BCUT2D eigenvalue weighted by Gasteiger charge is 2.10. The highest BCUT2D eigenvalue weighted by atomic mass is 16.5. The van der Waals surface area contributed by atoms with Crippen LogP contribution in [0.1, 0.15) is 12.0 Å². The second kappa shape index (κ2) is 10.9. The van der Waals surface area contributed by atoms with Crippen molar-refractivity contribution < 1.29 is 19.0 Å². The van der Waals surface area contributed by atoms with Gasteiger partial charge in [-0.3, -0.25) is 9.69 Å². The maximum atomic E-state index is 11.8. The minimum Gasteiger partial charge on any atom is -0.493 e. The summed E-state index contributed by atoms with van der Waals surface area (Å²) >= 11 is 0. The quantitative estimate of drug-likeness (QED) is 0.603. The number of hydrogen-bond donors (Lipinski definition) is 2. The third kappa shape index (κ3) is 6.89. The number of hydrogen-bond acceptors (Lipinski definition) is 6. The van der Waals surface area contributed by atoms with Crippen LogP contribution in [0.25, 0.3) is 0 Å². The van der Waals surface area contributed by atoms with Gasteiger partial charge in [0.1, 0.15) is 0 Å². The summed E-state index contributed by atoms with van der Waals surface area (Å²) in [5.74, 6) is 1.50. The van der Waals surface area contributed by atoms with Gasteiger partial charge in [0.15, 0.2) is 11.5 Å². The van der Waals surface area contributed by atoms with Gasteiger partial charge in [0, 0.05) is 45.7 Å². The largest absolute Gasteiger partial charge is 0.493 e. The molecule has 0 bridgehead atoms. The molecule has 1 aliphatic heterocycles. The van der Waals surface area contributed by atoms with Gasteiger partial charge in [0.2, 0.25) is 5.91 Å². The van der Waals surface area contributed by atoms with Gasteiger partial charge in [-0.05, 0) is 17.7 Å². The first-order valence-corrected chi connectivity index (χ1v) is 8.71. The average molecular weight is 351 g/mol. The van der Waals surface area contributed by atoms with Gasteiger partial charge < -0.3 is 24.8 Å². The Morgan fingerprint density at radius 2 is 1.92 bits per heavy atom. The third-order valence-corrected chi connectivity index (χ3v) is 4.16. The van der Waals surface area contributed by atoms with E-state index >= 15 is 0 Å². The molecule has 0 saturated carbocycles. The van der Waals surface area contributed by atoms with Crippen molar-refractivity contribution in [3.8, 4) is 11.5 Å². The van der Waals surface area contributed by atoms with Gasteiger partial charge in [-0.1, -0.05) is 6.07 Å². The molecular formula is C18H29N3O4. The molecule has 1 amide bonds. The molecule has 7 heteroatoms. The topological polar surface area (TPSA) is 72.1 Å². The van der Waals surface area contributed by atoms with Gasteiger partial charge >= 0.3 is 0 Å². The Kier molecular flexibility index (Phi) is 8.51. The molecule has 1 aliphatic rings. The number of methoxy groups -OCH3 is 2. The summed E-state index contributed by atoms with van der Waals surface area (Å²) in [6.07, 6.45) is 0.469. The van der Waals surface area contributed by atoms with Crippen LogP contribution in [-0.2, 0) is 16.1 Å². The van der Waals surface area contributed by atoms with E-state index in [4.69, 9.17) is 14.2 Å². The Hall–Kier alpha value is -1.83. The van der Waals surface area contributed by atoms with E-state index in [-0.39, 0.29) is 5.91 Å². The van der Waals surface area contributed by atoms with E-state index in [0.29, 0.717) is 37.6 Å². The number of rotatable bonds is 10. The van der Waals surface area contributed by atoms with Crippen molar-refractivity contribution in [2.75, 3.05) is 60.2 Å². The molecule has 1 aromatic carbocycles. The monoisotopic (exact) mass is 351 g/mol.